The van der Waals surface area contributed by atoms with Gasteiger partial charge in [0.25, 0.3) is 0 Å². The molecule has 29 heavy (non-hydrogen) atoms. The van der Waals surface area contributed by atoms with Crippen molar-refractivity contribution in [2.24, 2.45) is 4.99 Å². The zero-order valence-electron chi connectivity index (χ0n) is 16.4. The molecule has 1 aliphatic rings. The maximum Gasteiger partial charge on any atom is 0.191 e. The van der Waals surface area contributed by atoms with E-state index in [1.54, 1.807) is 13.2 Å². The Morgan fingerprint density at radius 3 is 2.59 bits per heavy atom. The number of rotatable bonds is 6. The van der Waals surface area contributed by atoms with E-state index in [9.17, 15) is 12.8 Å². The van der Waals surface area contributed by atoms with Crippen LogP contribution in [0.2, 0.25) is 0 Å². The molecule has 1 aliphatic heterocycles. The van der Waals surface area contributed by atoms with E-state index in [4.69, 9.17) is 0 Å². The van der Waals surface area contributed by atoms with Crippen LogP contribution in [0.15, 0.2) is 58.5 Å². The summed E-state index contributed by atoms with van der Waals surface area (Å²) in [5.74, 6) is 0.582. The SMILES string of the molecule is CN=C(NCCS(=O)(=O)c1ccccc1F)NC1CCN(c2ccccn2)CC1. The van der Waals surface area contributed by atoms with Crippen LogP contribution < -0.4 is 15.5 Å². The highest BCUT2D eigenvalue weighted by Gasteiger charge is 2.22. The fourth-order valence-corrected chi connectivity index (χ4v) is 4.53. The summed E-state index contributed by atoms with van der Waals surface area (Å²) >= 11 is 0. The lowest BCUT2D eigenvalue weighted by molar-refractivity contribution is 0.460. The van der Waals surface area contributed by atoms with Gasteiger partial charge in [0.1, 0.15) is 16.5 Å². The lowest BCUT2D eigenvalue weighted by Gasteiger charge is -2.33. The van der Waals surface area contributed by atoms with Crippen LogP contribution in [0, 0.1) is 5.82 Å². The summed E-state index contributed by atoms with van der Waals surface area (Å²) in [6, 6.07) is 11.5. The maximum atomic E-state index is 13.8. The van der Waals surface area contributed by atoms with Gasteiger partial charge < -0.3 is 15.5 Å². The van der Waals surface area contributed by atoms with Gasteiger partial charge in [-0.15, -0.1) is 0 Å². The Morgan fingerprint density at radius 1 is 1.21 bits per heavy atom. The molecule has 0 atom stereocenters. The number of anilines is 1. The van der Waals surface area contributed by atoms with E-state index >= 15 is 0 Å². The second-order valence-electron chi connectivity index (χ2n) is 6.84. The smallest absolute Gasteiger partial charge is 0.191 e. The molecule has 1 aromatic carbocycles. The molecule has 7 nitrogen and oxygen atoms in total. The number of sulfone groups is 1. The summed E-state index contributed by atoms with van der Waals surface area (Å²) in [5, 5.41) is 6.35. The van der Waals surface area contributed by atoms with Crippen LogP contribution in [0.4, 0.5) is 10.2 Å². The molecule has 2 heterocycles. The van der Waals surface area contributed by atoms with Gasteiger partial charge in [-0.05, 0) is 37.1 Å². The standard InChI is InChI=1S/C20H26FN5O2S/c1-22-20(24-12-15-29(27,28)18-7-3-2-6-17(18)21)25-16-9-13-26(14-10-16)19-8-4-5-11-23-19/h2-8,11,16H,9-10,12-15H2,1H3,(H2,22,24,25). The third kappa shape index (κ3) is 5.66. The van der Waals surface area contributed by atoms with Crippen molar-refractivity contribution in [3.8, 4) is 0 Å². The number of hydrogen-bond donors (Lipinski definition) is 2. The van der Waals surface area contributed by atoms with Crippen molar-refractivity contribution in [1.82, 2.24) is 15.6 Å². The number of piperidine rings is 1. The van der Waals surface area contributed by atoms with Gasteiger partial charge in [0.15, 0.2) is 15.8 Å². The number of aliphatic imine (C=N–C) groups is 1. The molecule has 9 heteroatoms. The van der Waals surface area contributed by atoms with Gasteiger partial charge in [-0.1, -0.05) is 18.2 Å². The van der Waals surface area contributed by atoms with E-state index in [1.165, 1.54) is 18.2 Å². The number of halogens is 1. The van der Waals surface area contributed by atoms with Crippen LogP contribution in [0.1, 0.15) is 12.8 Å². The van der Waals surface area contributed by atoms with Crippen LogP contribution in [-0.4, -0.2) is 57.8 Å². The predicted octanol–water partition coefficient (Wildman–Crippen LogP) is 1.83. The molecule has 0 amide bonds. The molecule has 0 bridgehead atoms. The van der Waals surface area contributed by atoms with E-state index in [2.05, 4.69) is 25.5 Å². The molecular weight excluding hydrogens is 393 g/mol. The molecule has 156 valence electrons. The highest BCUT2D eigenvalue weighted by molar-refractivity contribution is 7.91. The van der Waals surface area contributed by atoms with Crippen LogP contribution >= 0.6 is 0 Å². The van der Waals surface area contributed by atoms with E-state index in [1.807, 2.05) is 18.2 Å². The third-order valence-electron chi connectivity index (χ3n) is 4.87. The minimum absolute atomic E-state index is 0.142. The molecule has 3 rings (SSSR count). The van der Waals surface area contributed by atoms with E-state index in [0.717, 1.165) is 37.8 Å². The Kier molecular flexibility index (Phi) is 7.03. The topological polar surface area (TPSA) is 86.7 Å². The van der Waals surface area contributed by atoms with Crippen LogP contribution in [0.25, 0.3) is 0 Å². The molecule has 1 saturated heterocycles. The third-order valence-corrected chi connectivity index (χ3v) is 6.61. The first-order valence-electron chi connectivity index (χ1n) is 9.60. The van der Waals surface area contributed by atoms with Gasteiger partial charge in [0.2, 0.25) is 0 Å². The van der Waals surface area contributed by atoms with Crippen molar-refractivity contribution in [1.29, 1.82) is 0 Å². The van der Waals surface area contributed by atoms with Crippen molar-refractivity contribution in [3.63, 3.8) is 0 Å². The molecule has 0 radical (unpaired) electrons. The minimum atomic E-state index is -3.70. The molecule has 1 aromatic heterocycles. The summed E-state index contributed by atoms with van der Waals surface area (Å²) < 4.78 is 38.4. The number of hydrogen-bond acceptors (Lipinski definition) is 5. The predicted molar refractivity (Wildman–Crippen MR) is 112 cm³/mol. The Balaban J connectivity index is 1.46. The Morgan fingerprint density at radius 2 is 1.93 bits per heavy atom. The van der Waals surface area contributed by atoms with Crippen molar-refractivity contribution >= 4 is 21.6 Å². The van der Waals surface area contributed by atoms with E-state index in [0.29, 0.717) is 5.96 Å². The number of nitrogens with one attached hydrogen (secondary N) is 2. The molecule has 0 spiro atoms. The monoisotopic (exact) mass is 419 g/mol. The summed E-state index contributed by atoms with van der Waals surface area (Å²) in [6.45, 7) is 1.91. The van der Waals surface area contributed by atoms with Crippen molar-refractivity contribution in [2.75, 3.05) is 37.3 Å². The van der Waals surface area contributed by atoms with Gasteiger partial charge in [0.05, 0.1) is 5.75 Å². The van der Waals surface area contributed by atoms with Gasteiger partial charge in [0, 0.05) is 38.9 Å². The summed E-state index contributed by atoms with van der Waals surface area (Å²) in [5.41, 5.74) is 0. The number of aromatic nitrogens is 1. The minimum Gasteiger partial charge on any atom is -0.356 e. The molecule has 0 saturated carbocycles. The number of pyridine rings is 1. The van der Waals surface area contributed by atoms with Crippen LogP contribution in [-0.2, 0) is 9.84 Å². The zero-order chi connectivity index (χ0) is 20.7. The molecule has 0 unspecified atom stereocenters. The Labute approximate surface area is 171 Å². The first kappa shape index (κ1) is 21.0. The lowest BCUT2D eigenvalue weighted by Crippen LogP contribution is -2.49. The summed E-state index contributed by atoms with van der Waals surface area (Å²) in [7, 11) is -2.06. The number of nitrogens with zero attached hydrogens (tertiary/aromatic N) is 3. The molecule has 1 fully saturated rings. The first-order chi connectivity index (χ1) is 14.0. The lowest BCUT2D eigenvalue weighted by atomic mass is 10.1. The molecular formula is C20H26FN5O2S. The second kappa shape index (κ2) is 9.69. The van der Waals surface area contributed by atoms with Gasteiger partial charge >= 0.3 is 0 Å². The van der Waals surface area contributed by atoms with Crippen molar-refractivity contribution < 1.29 is 12.8 Å². The second-order valence-corrected chi connectivity index (χ2v) is 8.92. The average molecular weight is 420 g/mol. The van der Waals surface area contributed by atoms with Crippen molar-refractivity contribution in [2.45, 2.75) is 23.8 Å². The molecule has 0 aliphatic carbocycles. The largest absolute Gasteiger partial charge is 0.356 e. The van der Waals surface area contributed by atoms with Crippen LogP contribution in [0.5, 0.6) is 0 Å². The first-order valence-corrected chi connectivity index (χ1v) is 11.3. The number of guanidine groups is 1. The molecule has 2 N–H and O–H groups in total. The fourth-order valence-electron chi connectivity index (χ4n) is 3.29. The Bertz CT molecular complexity index is 929. The molecule has 2 aromatic rings. The Hall–Kier alpha value is -2.68. The summed E-state index contributed by atoms with van der Waals surface area (Å²) in [6.07, 6.45) is 3.64. The van der Waals surface area contributed by atoms with Gasteiger partial charge in [-0.3, -0.25) is 4.99 Å². The maximum absolute atomic E-state index is 13.8. The fraction of sp³-hybridized carbons (Fsp3) is 0.400. The summed E-state index contributed by atoms with van der Waals surface area (Å²) in [4.78, 5) is 10.5. The van der Waals surface area contributed by atoms with E-state index < -0.39 is 15.7 Å². The normalized spacial score (nSPS) is 15.9. The zero-order valence-corrected chi connectivity index (χ0v) is 17.2. The quantitative estimate of drug-likeness (QED) is 0.549. The number of benzene rings is 1. The highest BCUT2D eigenvalue weighted by atomic mass is 32.2. The van der Waals surface area contributed by atoms with Gasteiger partial charge in [-0.2, -0.15) is 0 Å². The van der Waals surface area contributed by atoms with Gasteiger partial charge in [-0.25, -0.2) is 17.8 Å². The van der Waals surface area contributed by atoms with E-state index in [-0.39, 0.29) is 23.2 Å². The van der Waals surface area contributed by atoms with Crippen LogP contribution in [0.3, 0.4) is 0 Å². The van der Waals surface area contributed by atoms with Crippen molar-refractivity contribution in [3.05, 3.63) is 54.5 Å². The highest BCUT2D eigenvalue weighted by Crippen LogP contribution is 2.17. The average Bonchev–Trinajstić information content (AvgIpc) is 2.74.